The fraction of sp³-hybridized carbons (Fsp3) is 0.714. The second-order valence-corrected chi connectivity index (χ2v) is 3.30. The molecule has 1 fully saturated rings. The van der Waals surface area contributed by atoms with Crippen LogP contribution in [-0.4, -0.2) is 40.0 Å². The van der Waals surface area contributed by atoms with Crippen molar-refractivity contribution < 1.29 is 5.11 Å². The van der Waals surface area contributed by atoms with Crippen LogP contribution in [0, 0.1) is 5.92 Å². The number of rotatable bonds is 2. The summed E-state index contributed by atoms with van der Waals surface area (Å²) in [5.74, 6) is 1.32. The fourth-order valence-electron chi connectivity index (χ4n) is 1.57. The Morgan fingerprint density at radius 3 is 3.08 bits per heavy atom. The first-order chi connectivity index (χ1) is 6.29. The minimum atomic E-state index is 0.233. The van der Waals surface area contributed by atoms with Gasteiger partial charge in [0.1, 0.15) is 0 Å². The largest absolute Gasteiger partial charge is 0.396 e. The Hall–Kier alpha value is -1.30. The van der Waals surface area contributed by atoms with Crippen molar-refractivity contribution in [1.82, 2.24) is 15.2 Å². The lowest BCUT2D eigenvalue weighted by Gasteiger charge is -2.12. The Kier molecular flexibility index (Phi) is 2.05. The number of aliphatic hydroxyl groups excluding tert-OH is 1. The van der Waals surface area contributed by atoms with Crippen LogP contribution in [0.3, 0.4) is 0 Å². The lowest BCUT2D eigenvalue weighted by atomic mass is 10.1. The average molecular weight is 183 g/mol. The van der Waals surface area contributed by atoms with Crippen LogP contribution in [0.15, 0.2) is 0 Å². The van der Waals surface area contributed by atoms with Gasteiger partial charge in [0.15, 0.2) is 0 Å². The van der Waals surface area contributed by atoms with Crippen LogP contribution in [0.4, 0.5) is 11.9 Å². The average Bonchev–Trinajstić information content (AvgIpc) is 2.71. The number of aromatic amines is 1. The number of nitrogen functional groups attached to an aromatic ring is 1. The van der Waals surface area contributed by atoms with E-state index in [2.05, 4.69) is 15.2 Å². The van der Waals surface area contributed by atoms with E-state index in [4.69, 9.17) is 10.8 Å². The molecule has 1 saturated heterocycles. The van der Waals surface area contributed by atoms with Crippen molar-refractivity contribution in [3.05, 3.63) is 0 Å². The van der Waals surface area contributed by atoms with E-state index in [9.17, 15) is 0 Å². The molecular weight excluding hydrogens is 170 g/mol. The Balaban J connectivity index is 2.03. The summed E-state index contributed by atoms with van der Waals surface area (Å²) in [4.78, 5) is 6.04. The summed E-state index contributed by atoms with van der Waals surface area (Å²) in [5.41, 5.74) is 5.41. The highest BCUT2D eigenvalue weighted by molar-refractivity contribution is 5.35. The van der Waals surface area contributed by atoms with Gasteiger partial charge in [-0.15, -0.1) is 5.10 Å². The van der Waals surface area contributed by atoms with Crippen molar-refractivity contribution in [2.75, 3.05) is 30.3 Å². The van der Waals surface area contributed by atoms with Crippen molar-refractivity contribution >= 4 is 11.9 Å². The molecule has 0 spiro atoms. The van der Waals surface area contributed by atoms with Crippen molar-refractivity contribution in [1.29, 1.82) is 0 Å². The van der Waals surface area contributed by atoms with Crippen LogP contribution < -0.4 is 10.6 Å². The summed E-state index contributed by atoms with van der Waals surface area (Å²) in [5, 5.41) is 15.5. The third-order valence-electron chi connectivity index (χ3n) is 2.32. The highest BCUT2D eigenvalue weighted by Gasteiger charge is 2.24. The number of nitrogens with zero attached hydrogens (tertiary/aromatic N) is 3. The molecule has 1 aliphatic rings. The second kappa shape index (κ2) is 3.21. The summed E-state index contributed by atoms with van der Waals surface area (Å²) < 4.78 is 0. The molecule has 0 radical (unpaired) electrons. The molecule has 2 heterocycles. The predicted octanol–water partition coefficient (Wildman–Crippen LogP) is -0.795. The van der Waals surface area contributed by atoms with E-state index in [-0.39, 0.29) is 6.61 Å². The van der Waals surface area contributed by atoms with Crippen LogP contribution in [0.1, 0.15) is 6.42 Å². The summed E-state index contributed by atoms with van der Waals surface area (Å²) in [6.45, 7) is 1.94. The number of nitrogens with one attached hydrogen (secondary N) is 1. The maximum Gasteiger partial charge on any atom is 0.246 e. The molecule has 0 bridgehead atoms. The third-order valence-corrected chi connectivity index (χ3v) is 2.32. The van der Waals surface area contributed by atoms with Gasteiger partial charge in [0.2, 0.25) is 11.9 Å². The van der Waals surface area contributed by atoms with Crippen LogP contribution >= 0.6 is 0 Å². The number of hydrogen-bond donors (Lipinski definition) is 3. The van der Waals surface area contributed by atoms with E-state index in [0.29, 0.717) is 17.8 Å². The number of aliphatic hydroxyl groups is 1. The summed E-state index contributed by atoms with van der Waals surface area (Å²) >= 11 is 0. The molecule has 0 aliphatic carbocycles. The lowest BCUT2D eigenvalue weighted by molar-refractivity contribution is 0.238. The van der Waals surface area contributed by atoms with Gasteiger partial charge in [0, 0.05) is 25.6 Å². The second-order valence-electron chi connectivity index (χ2n) is 3.30. The van der Waals surface area contributed by atoms with Crippen LogP contribution in [0.5, 0.6) is 0 Å². The highest BCUT2D eigenvalue weighted by atomic mass is 16.3. The number of H-pyrrole nitrogens is 1. The first kappa shape index (κ1) is 8.31. The van der Waals surface area contributed by atoms with Crippen molar-refractivity contribution in [2.24, 2.45) is 5.92 Å². The van der Waals surface area contributed by atoms with E-state index in [1.807, 2.05) is 4.90 Å². The molecule has 4 N–H and O–H groups in total. The molecule has 1 unspecified atom stereocenters. The maximum atomic E-state index is 8.94. The zero-order chi connectivity index (χ0) is 9.26. The summed E-state index contributed by atoms with van der Waals surface area (Å²) in [6.07, 6.45) is 0.991. The lowest BCUT2D eigenvalue weighted by Crippen LogP contribution is -2.21. The van der Waals surface area contributed by atoms with E-state index >= 15 is 0 Å². The molecule has 0 saturated carbocycles. The van der Waals surface area contributed by atoms with Crippen molar-refractivity contribution in [2.45, 2.75) is 6.42 Å². The van der Waals surface area contributed by atoms with Gasteiger partial charge in [-0.3, -0.25) is 0 Å². The molecule has 72 valence electrons. The molecule has 0 amide bonds. The first-order valence-electron chi connectivity index (χ1n) is 4.33. The van der Waals surface area contributed by atoms with E-state index < -0.39 is 0 Å². The quantitative estimate of drug-likeness (QED) is 0.558. The minimum Gasteiger partial charge on any atom is -0.396 e. The highest BCUT2D eigenvalue weighted by Crippen LogP contribution is 2.19. The van der Waals surface area contributed by atoms with Crippen molar-refractivity contribution in [3.8, 4) is 0 Å². The molecular formula is C7H13N5O. The Morgan fingerprint density at radius 2 is 2.54 bits per heavy atom. The fourth-order valence-corrected chi connectivity index (χ4v) is 1.57. The molecule has 1 aromatic rings. The Labute approximate surface area is 75.8 Å². The maximum absolute atomic E-state index is 8.94. The number of aromatic nitrogens is 3. The first-order valence-corrected chi connectivity index (χ1v) is 4.33. The van der Waals surface area contributed by atoms with E-state index in [1.54, 1.807) is 0 Å². The summed E-state index contributed by atoms with van der Waals surface area (Å²) in [6, 6.07) is 0. The smallest absolute Gasteiger partial charge is 0.246 e. The normalized spacial score (nSPS) is 22.5. The Bertz CT molecular complexity index is 286. The SMILES string of the molecule is Nc1nc(N2CCC(CO)C2)n[nH]1. The topological polar surface area (TPSA) is 91.1 Å². The molecule has 1 aliphatic heterocycles. The predicted molar refractivity (Wildman–Crippen MR) is 48.2 cm³/mol. The van der Waals surface area contributed by atoms with Gasteiger partial charge in [-0.1, -0.05) is 0 Å². The minimum absolute atomic E-state index is 0.233. The van der Waals surface area contributed by atoms with Gasteiger partial charge < -0.3 is 15.7 Å². The van der Waals surface area contributed by atoms with Gasteiger partial charge in [-0.05, 0) is 6.42 Å². The molecule has 1 aromatic heterocycles. The standard InChI is InChI=1S/C7H13N5O/c8-6-9-7(11-10-6)12-2-1-5(3-12)4-13/h5,13H,1-4H2,(H3,8,9,10,11). The number of anilines is 2. The number of nitrogens with two attached hydrogens (primary N) is 1. The molecule has 2 rings (SSSR count). The van der Waals surface area contributed by atoms with Crippen LogP contribution in [-0.2, 0) is 0 Å². The molecule has 1 atom stereocenters. The van der Waals surface area contributed by atoms with Crippen molar-refractivity contribution in [3.63, 3.8) is 0 Å². The van der Waals surface area contributed by atoms with Gasteiger partial charge in [0.05, 0.1) is 0 Å². The van der Waals surface area contributed by atoms with E-state index in [0.717, 1.165) is 19.5 Å². The van der Waals surface area contributed by atoms with Crippen LogP contribution in [0.2, 0.25) is 0 Å². The Morgan fingerprint density at radius 1 is 1.69 bits per heavy atom. The zero-order valence-electron chi connectivity index (χ0n) is 7.27. The van der Waals surface area contributed by atoms with Gasteiger partial charge in [-0.2, -0.15) is 4.98 Å². The van der Waals surface area contributed by atoms with Crippen LogP contribution in [0.25, 0.3) is 0 Å². The zero-order valence-corrected chi connectivity index (χ0v) is 7.27. The molecule has 13 heavy (non-hydrogen) atoms. The van der Waals surface area contributed by atoms with Gasteiger partial charge in [-0.25, -0.2) is 5.10 Å². The van der Waals surface area contributed by atoms with Gasteiger partial charge >= 0.3 is 0 Å². The van der Waals surface area contributed by atoms with Gasteiger partial charge in [0.25, 0.3) is 0 Å². The third kappa shape index (κ3) is 1.57. The number of hydrogen-bond acceptors (Lipinski definition) is 5. The molecule has 0 aromatic carbocycles. The van der Waals surface area contributed by atoms with E-state index in [1.165, 1.54) is 0 Å². The summed E-state index contributed by atoms with van der Waals surface area (Å²) in [7, 11) is 0. The monoisotopic (exact) mass is 183 g/mol. The molecule has 6 heteroatoms. The molecule has 6 nitrogen and oxygen atoms in total.